The summed E-state index contributed by atoms with van der Waals surface area (Å²) in [5, 5.41) is 17.8. The molecule has 108 valence electrons. The van der Waals surface area contributed by atoms with E-state index in [2.05, 4.69) is 20.7 Å². The first-order valence-electron chi connectivity index (χ1n) is 5.22. The van der Waals surface area contributed by atoms with Gasteiger partial charge in [0.05, 0.1) is 0 Å². The molecule has 0 spiro atoms. The van der Waals surface area contributed by atoms with Crippen molar-refractivity contribution in [2.75, 3.05) is 13.2 Å². The summed E-state index contributed by atoms with van der Waals surface area (Å²) in [6, 6.07) is 0.917. The lowest BCUT2D eigenvalue weighted by molar-refractivity contribution is 0.0661. The van der Waals surface area contributed by atoms with E-state index in [9.17, 15) is 13.2 Å². The zero-order valence-corrected chi connectivity index (χ0v) is 12.7. The number of aromatic carboxylic acids is 1. The second kappa shape index (κ2) is 5.61. The zero-order chi connectivity index (χ0) is 14.8. The number of hydrogen-bond acceptors (Lipinski definition) is 5. The van der Waals surface area contributed by atoms with Crippen molar-refractivity contribution in [1.29, 1.82) is 0 Å². The molecule has 0 unspecified atom stereocenters. The molecule has 0 aliphatic heterocycles. The Labute approximate surface area is 118 Å². The lowest BCUT2D eigenvalue weighted by atomic mass is 9.96. The Morgan fingerprint density at radius 2 is 2.11 bits per heavy atom. The van der Waals surface area contributed by atoms with Crippen LogP contribution in [-0.4, -0.2) is 37.8 Å². The van der Waals surface area contributed by atoms with E-state index < -0.39 is 27.2 Å². The maximum Gasteiger partial charge on any atom is 0.371 e. The largest absolute Gasteiger partial charge is 0.475 e. The minimum absolute atomic E-state index is 0.00581. The van der Waals surface area contributed by atoms with Gasteiger partial charge in [0.25, 0.3) is 0 Å². The van der Waals surface area contributed by atoms with Crippen LogP contribution >= 0.6 is 15.9 Å². The van der Waals surface area contributed by atoms with Gasteiger partial charge in [-0.2, -0.15) is 0 Å². The van der Waals surface area contributed by atoms with E-state index in [-0.39, 0.29) is 22.7 Å². The second-order valence-corrected chi connectivity index (χ2v) is 7.16. The molecule has 19 heavy (non-hydrogen) atoms. The van der Waals surface area contributed by atoms with E-state index in [1.54, 1.807) is 13.8 Å². The molecule has 1 heterocycles. The number of aliphatic hydroxyl groups is 1. The highest BCUT2D eigenvalue weighted by molar-refractivity contribution is 9.10. The quantitative estimate of drug-likeness (QED) is 0.701. The van der Waals surface area contributed by atoms with Crippen molar-refractivity contribution in [1.82, 2.24) is 4.72 Å². The Morgan fingerprint density at radius 1 is 1.53 bits per heavy atom. The van der Waals surface area contributed by atoms with Crippen LogP contribution in [0.2, 0.25) is 0 Å². The van der Waals surface area contributed by atoms with Crippen LogP contribution in [-0.2, 0) is 10.0 Å². The number of halogens is 1. The Bertz CT molecular complexity index is 577. The molecule has 0 atom stereocenters. The third kappa shape index (κ3) is 4.03. The normalized spacial score (nSPS) is 12.6. The van der Waals surface area contributed by atoms with Gasteiger partial charge in [-0.25, -0.2) is 17.9 Å². The summed E-state index contributed by atoms with van der Waals surface area (Å²) in [7, 11) is -3.91. The molecule has 1 rings (SSSR count). The van der Waals surface area contributed by atoms with Gasteiger partial charge in [-0.3, -0.25) is 0 Å². The molecule has 0 aromatic carbocycles. The first kappa shape index (κ1) is 16.2. The first-order chi connectivity index (χ1) is 8.59. The maximum atomic E-state index is 12.0. The van der Waals surface area contributed by atoms with Gasteiger partial charge < -0.3 is 14.6 Å². The van der Waals surface area contributed by atoms with Crippen molar-refractivity contribution in [3.8, 4) is 0 Å². The summed E-state index contributed by atoms with van der Waals surface area (Å²) < 4.78 is 30.8. The van der Waals surface area contributed by atoms with E-state index in [4.69, 9.17) is 14.6 Å². The van der Waals surface area contributed by atoms with E-state index >= 15 is 0 Å². The predicted molar refractivity (Wildman–Crippen MR) is 69.4 cm³/mol. The number of aliphatic hydroxyl groups excluding tert-OH is 1. The molecule has 0 aliphatic carbocycles. The average Bonchev–Trinajstić information content (AvgIpc) is 2.70. The van der Waals surface area contributed by atoms with Crippen LogP contribution in [0, 0.1) is 5.41 Å². The van der Waals surface area contributed by atoms with E-state index in [0.717, 1.165) is 6.07 Å². The van der Waals surface area contributed by atoms with Crippen LogP contribution in [0.25, 0.3) is 0 Å². The van der Waals surface area contributed by atoms with Crippen molar-refractivity contribution in [2.45, 2.75) is 18.7 Å². The fourth-order valence-corrected chi connectivity index (χ4v) is 3.24. The minimum atomic E-state index is -3.91. The van der Waals surface area contributed by atoms with Gasteiger partial charge in [-0.15, -0.1) is 0 Å². The molecule has 3 N–H and O–H groups in total. The molecule has 0 saturated carbocycles. The summed E-state index contributed by atoms with van der Waals surface area (Å²) in [6.45, 7) is 3.18. The van der Waals surface area contributed by atoms with Crippen molar-refractivity contribution in [3.63, 3.8) is 0 Å². The third-order valence-corrected chi connectivity index (χ3v) is 4.58. The molecular weight excluding hydrogens is 342 g/mol. The number of carboxylic acid groups (broad SMARTS) is 1. The van der Waals surface area contributed by atoms with E-state index in [1.807, 2.05) is 0 Å². The molecule has 0 amide bonds. The summed E-state index contributed by atoms with van der Waals surface area (Å²) in [4.78, 5) is 10.4. The Kier molecular flexibility index (Phi) is 4.77. The van der Waals surface area contributed by atoms with Gasteiger partial charge >= 0.3 is 5.97 Å². The number of sulfonamides is 1. The molecule has 0 radical (unpaired) electrons. The Balaban J connectivity index is 2.98. The SMILES string of the molecule is CC(C)(CO)CNS(=O)(=O)c1cc(C(=O)O)oc1Br. The third-order valence-electron chi connectivity index (χ3n) is 2.32. The summed E-state index contributed by atoms with van der Waals surface area (Å²) >= 11 is 2.86. The van der Waals surface area contributed by atoms with Gasteiger partial charge in [-0.05, 0) is 15.9 Å². The molecular formula is C10H14BrNO6S. The van der Waals surface area contributed by atoms with E-state index in [1.165, 1.54) is 0 Å². The summed E-state index contributed by atoms with van der Waals surface area (Å²) in [5.41, 5.74) is -0.626. The molecule has 1 aromatic rings. The van der Waals surface area contributed by atoms with Crippen LogP contribution in [0.3, 0.4) is 0 Å². The zero-order valence-electron chi connectivity index (χ0n) is 10.3. The van der Waals surface area contributed by atoms with Crippen molar-refractivity contribution in [2.24, 2.45) is 5.41 Å². The molecule has 9 heteroatoms. The number of carbonyl (C=O) groups is 1. The summed E-state index contributed by atoms with van der Waals surface area (Å²) in [6.07, 6.45) is 0. The fourth-order valence-electron chi connectivity index (χ4n) is 1.06. The van der Waals surface area contributed by atoms with Crippen LogP contribution < -0.4 is 4.72 Å². The maximum absolute atomic E-state index is 12.0. The van der Waals surface area contributed by atoms with E-state index in [0.29, 0.717) is 0 Å². The highest BCUT2D eigenvalue weighted by atomic mass is 79.9. The monoisotopic (exact) mass is 355 g/mol. The van der Waals surface area contributed by atoms with Gasteiger partial charge in [-0.1, -0.05) is 13.8 Å². The highest BCUT2D eigenvalue weighted by Gasteiger charge is 2.27. The Morgan fingerprint density at radius 3 is 2.53 bits per heavy atom. The number of carboxylic acids is 1. The smallest absolute Gasteiger partial charge is 0.371 e. The molecule has 0 aliphatic rings. The molecule has 0 saturated heterocycles. The number of nitrogens with one attached hydrogen (secondary N) is 1. The molecule has 0 bridgehead atoms. The predicted octanol–water partition coefficient (Wildman–Crippen LogP) is 1.04. The van der Waals surface area contributed by atoms with Gasteiger partial charge in [0.1, 0.15) is 4.90 Å². The minimum Gasteiger partial charge on any atom is -0.475 e. The second-order valence-electron chi connectivity index (χ2n) is 4.70. The van der Waals surface area contributed by atoms with Crippen LogP contribution in [0.15, 0.2) is 20.0 Å². The Hall–Kier alpha value is -0.900. The number of furan rings is 1. The lowest BCUT2D eigenvalue weighted by Gasteiger charge is -2.21. The fraction of sp³-hybridized carbons (Fsp3) is 0.500. The van der Waals surface area contributed by atoms with Crippen molar-refractivity contribution < 1.29 is 27.8 Å². The molecule has 0 fully saturated rings. The summed E-state index contributed by atoms with van der Waals surface area (Å²) in [5.74, 6) is -1.84. The van der Waals surface area contributed by atoms with Crippen LogP contribution in [0.5, 0.6) is 0 Å². The molecule has 7 nitrogen and oxygen atoms in total. The highest BCUT2D eigenvalue weighted by Crippen LogP contribution is 2.26. The van der Waals surface area contributed by atoms with Gasteiger partial charge in [0.2, 0.25) is 15.8 Å². The van der Waals surface area contributed by atoms with Gasteiger partial charge in [0, 0.05) is 24.6 Å². The first-order valence-corrected chi connectivity index (χ1v) is 7.50. The van der Waals surface area contributed by atoms with Crippen LogP contribution in [0.1, 0.15) is 24.4 Å². The van der Waals surface area contributed by atoms with Crippen LogP contribution in [0.4, 0.5) is 0 Å². The van der Waals surface area contributed by atoms with Crippen molar-refractivity contribution >= 4 is 31.9 Å². The number of hydrogen-bond donors (Lipinski definition) is 3. The van der Waals surface area contributed by atoms with Crippen molar-refractivity contribution in [3.05, 3.63) is 16.5 Å². The topological polar surface area (TPSA) is 117 Å². The average molecular weight is 356 g/mol. The number of rotatable bonds is 6. The lowest BCUT2D eigenvalue weighted by Crippen LogP contribution is -2.36. The molecule has 1 aromatic heterocycles. The standard InChI is InChI=1S/C10H14BrNO6S/c1-10(2,5-13)4-12-19(16,17)7-3-6(9(14)15)18-8(7)11/h3,12-13H,4-5H2,1-2H3,(H,14,15). The van der Waals surface area contributed by atoms with Gasteiger partial charge in [0.15, 0.2) is 4.67 Å².